The van der Waals surface area contributed by atoms with Crippen molar-refractivity contribution in [3.05, 3.63) is 117 Å². The summed E-state index contributed by atoms with van der Waals surface area (Å²) in [6.45, 7) is 4.47. The van der Waals surface area contributed by atoms with Crippen LogP contribution in [0.4, 0.5) is 4.39 Å². The fourth-order valence-electron chi connectivity index (χ4n) is 3.58. The number of benzene rings is 3. The van der Waals surface area contributed by atoms with Gasteiger partial charge in [-0.05, 0) is 67.3 Å². The number of H-pyrrole nitrogens is 1. The van der Waals surface area contributed by atoms with Gasteiger partial charge in [-0.3, -0.25) is 9.59 Å². The van der Waals surface area contributed by atoms with Crippen molar-refractivity contribution >= 4 is 16.8 Å². The highest BCUT2D eigenvalue weighted by atomic mass is 19.1. The fourth-order valence-corrected chi connectivity index (χ4v) is 3.58. The highest BCUT2D eigenvalue weighted by Gasteiger charge is 2.19. The first-order valence-electron chi connectivity index (χ1n) is 10.1. The van der Waals surface area contributed by atoms with Gasteiger partial charge in [0.25, 0.3) is 11.5 Å². The molecule has 1 amide bonds. The summed E-state index contributed by atoms with van der Waals surface area (Å²) in [7, 11) is 0. The molecule has 0 aliphatic carbocycles. The molecule has 0 fully saturated rings. The van der Waals surface area contributed by atoms with E-state index in [0.29, 0.717) is 17.7 Å². The van der Waals surface area contributed by atoms with Crippen LogP contribution in [0.25, 0.3) is 10.9 Å². The zero-order valence-corrected chi connectivity index (χ0v) is 17.5. The van der Waals surface area contributed by atoms with Crippen molar-refractivity contribution in [2.45, 2.75) is 26.9 Å². The van der Waals surface area contributed by atoms with Crippen molar-refractivity contribution < 1.29 is 9.18 Å². The molecule has 0 bridgehead atoms. The van der Waals surface area contributed by atoms with Gasteiger partial charge in [0.2, 0.25) is 0 Å². The maximum absolute atomic E-state index is 13.3. The van der Waals surface area contributed by atoms with Crippen LogP contribution in [0.15, 0.2) is 77.6 Å². The van der Waals surface area contributed by atoms with Crippen molar-refractivity contribution in [1.82, 2.24) is 9.88 Å². The zero-order chi connectivity index (χ0) is 22.0. The molecule has 0 radical (unpaired) electrons. The molecular weight excluding hydrogens is 391 g/mol. The van der Waals surface area contributed by atoms with Crippen LogP contribution in [-0.4, -0.2) is 15.8 Å². The normalized spacial score (nSPS) is 10.9. The van der Waals surface area contributed by atoms with Gasteiger partial charge in [-0.1, -0.05) is 41.5 Å². The van der Waals surface area contributed by atoms with Gasteiger partial charge in [-0.15, -0.1) is 0 Å². The van der Waals surface area contributed by atoms with Crippen LogP contribution >= 0.6 is 0 Å². The average molecular weight is 414 g/mol. The third-order valence-corrected chi connectivity index (χ3v) is 5.31. The minimum Gasteiger partial charge on any atom is -0.330 e. The second-order valence-corrected chi connectivity index (χ2v) is 7.87. The first kappa shape index (κ1) is 20.5. The van der Waals surface area contributed by atoms with Crippen LogP contribution < -0.4 is 5.56 Å². The van der Waals surface area contributed by atoms with E-state index in [1.54, 1.807) is 4.90 Å². The van der Waals surface area contributed by atoms with Crippen molar-refractivity contribution in [2.75, 3.05) is 0 Å². The molecule has 1 N–H and O–H groups in total. The van der Waals surface area contributed by atoms with Gasteiger partial charge in [-0.25, -0.2) is 4.39 Å². The van der Waals surface area contributed by atoms with Crippen molar-refractivity contribution in [3.63, 3.8) is 0 Å². The summed E-state index contributed by atoms with van der Waals surface area (Å²) in [6.07, 6.45) is 0. The Hall–Kier alpha value is -3.73. The summed E-state index contributed by atoms with van der Waals surface area (Å²) >= 11 is 0. The highest BCUT2D eigenvalue weighted by Crippen LogP contribution is 2.17. The minimum absolute atomic E-state index is 0.142. The van der Waals surface area contributed by atoms with Gasteiger partial charge in [0, 0.05) is 23.2 Å². The largest absolute Gasteiger partial charge is 0.330 e. The Balaban J connectivity index is 1.71. The summed E-state index contributed by atoms with van der Waals surface area (Å²) in [6, 6.07) is 21.0. The molecule has 31 heavy (non-hydrogen) atoms. The third kappa shape index (κ3) is 4.72. The van der Waals surface area contributed by atoms with Crippen LogP contribution in [-0.2, 0) is 13.1 Å². The SMILES string of the molecule is Cc1ccc(CN(Cc2cc3cc(C)ccc3[nH]c2=O)C(=O)c2ccc(F)cc2)cc1. The van der Waals surface area contributed by atoms with E-state index in [9.17, 15) is 14.0 Å². The molecule has 0 aliphatic heterocycles. The lowest BCUT2D eigenvalue weighted by atomic mass is 10.1. The molecular formula is C26H23FN2O2. The molecule has 4 aromatic rings. The molecule has 0 unspecified atom stereocenters. The summed E-state index contributed by atoms with van der Waals surface area (Å²) in [5, 5.41) is 0.916. The predicted molar refractivity (Wildman–Crippen MR) is 120 cm³/mol. The van der Waals surface area contributed by atoms with E-state index in [1.165, 1.54) is 24.3 Å². The van der Waals surface area contributed by atoms with E-state index >= 15 is 0 Å². The maximum Gasteiger partial charge on any atom is 0.254 e. The molecule has 4 nitrogen and oxygen atoms in total. The molecule has 5 heteroatoms. The average Bonchev–Trinajstić information content (AvgIpc) is 2.75. The van der Waals surface area contributed by atoms with Crippen molar-refractivity contribution in [2.24, 2.45) is 0 Å². The number of nitrogens with one attached hydrogen (secondary N) is 1. The van der Waals surface area contributed by atoms with Gasteiger partial charge in [-0.2, -0.15) is 0 Å². The number of carbonyl (C=O) groups excluding carboxylic acids is 1. The number of fused-ring (bicyclic) bond motifs is 1. The zero-order valence-electron chi connectivity index (χ0n) is 17.5. The molecule has 4 rings (SSSR count). The van der Waals surface area contributed by atoms with Crippen LogP contribution in [0.2, 0.25) is 0 Å². The first-order valence-corrected chi connectivity index (χ1v) is 10.1. The lowest BCUT2D eigenvalue weighted by molar-refractivity contribution is 0.0729. The number of nitrogens with zero attached hydrogens (tertiary/aromatic N) is 1. The molecule has 0 saturated heterocycles. The molecule has 1 aromatic heterocycles. The molecule has 0 aliphatic rings. The van der Waals surface area contributed by atoms with Crippen molar-refractivity contribution in [1.29, 1.82) is 0 Å². The topological polar surface area (TPSA) is 53.2 Å². The monoisotopic (exact) mass is 414 g/mol. The number of rotatable bonds is 5. The van der Waals surface area contributed by atoms with Crippen LogP contribution in [0.1, 0.15) is 32.6 Å². The Kier molecular flexibility index (Phi) is 5.67. The molecule has 0 atom stereocenters. The highest BCUT2D eigenvalue weighted by molar-refractivity contribution is 5.94. The van der Waals surface area contributed by atoms with Gasteiger partial charge in [0.05, 0.1) is 6.54 Å². The van der Waals surface area contributed by atoms with E-state index in [4.69, 9.17) is 0 Å². The predicted octanol–water partition coefficient (Wildman–Crippen LogP) is 5.13. The molecule has 0 saturated carbocycles. The number of hydrogen-bond acceptors (Lipinski definition) is 2. The minimum atomic E-state index is -0.400. The molecule has 1 heterocycles. The fraction of sp³-hybridized carbons (Fsp3) is 0.154. The first-order chi connectivity index (χ1) is 14.9. The lowest BCUT2D eigenvalue weighted by Gasteiger charge is -2.23. The summed E-state index contributed by atoms with van der Waals surface area (Å²) in [5.41, 5.74) is 4.58. The van der Waals surface area contributed by atoms with E-state index in [1.807, 2.05) is 62.4 Å². The van der Waals surface area contributed by atoms with E-state index in [-0.39, 0.29) is 18.0 Å². The van der Waals surface area contributed by atoms with Crippen molar-refractivity contribution in [3.8, 4) is 0 Å². The Morgan fingerprint density at radius 2 is 1.55 bits per heavy atom. The number of aromatic nitrogens is 1. The van der Waals surface area contributed by atoms with Gasteiger partial charge in [0.1, 0.15) is 5.82 Å². The summed E-state index contributed by atoms with van der Waals surface area (Å²) in [5.74, 6) is -0.660. The lowest BCUT2D eigenvalue weighted by Crippen LogP contribution is -2.32. The Labute approximate surface area is 180 Å². The van der Waals surface area contributed by atoms with Gasteiger partial charge in [0.15, 0.2) is 0 Å². The Morgan fingerprint density at radius 3 is 2.26 bits per heavy atom. The van der Waals surface area contributed by atoms with Crippen LogP contribution in [0.3, 0.4) is 0 Å². The third-order valence-electron chi connectivity index (χ3n) is 5.31. The van der Waals surface area contributed by atoms with E-state index in [0.717, 1.165) is 27.6 Å². The summed E-state index contributed by atoms with van der Waals surface area (Å²) in [4.78, 5) is 30.5. The number of hydrogen-bond donors (Lipinski definition) is 1. The standard InChI is InChI=1S/C26H23FN2O2/c1-17-3-6-19(7-4-17)15-29(26(31)20-8-10-23(27)11-9-20)16-22-14-21-13-18(2)5-12-24(21)28-25(22)30/h3-14H,15-16H2,1-2H3,(H,28,30). The number of aryl methyl sites for hydroxylation is 2. The van der Waals surface area contributed by atoms with Crippen LogP contribution in [0.5, 0.6) is 0 Å². The number of aromatic amines is 1. The summed E-state index contributed by atoms with van der Waals surface area (Å²) < 4.78 is 13.3. The quantitative estimate of drug-likeness (QED) is 0.492. The number of carbonyl (C=O) groups is 1. The molecule has 3 aromatic carbocycles. The second-order valence-electron chi connectivity index (χ2n) is 7.87. The Bertz CT molecular complexity index is 1290. The van der Waals surface area contributed by atoms with E-state index < -0.39 is 5.82 Å². The second kappa shape index (κ2) is 8.56. The number of amides is 1. The molecule has 156 valence electrons. The number of halogens is 1. The number of pyridine rings is 1. The van der Waals surface area contributed by atoms with Crippen LogP contribution in [0, 0.1) is 19.7 Å². The van der Waals surface area contributed by atoms with Gasteiger partial charge < -0.3 is 9.88 Å². The Morgan fingerprint density at radius 1 is 0.871 bits per heavy atom. The smallest absolute Gasteiger partial charge is 0.254 e. The van der Waals surface area contributed by atoms with Gasteiger partial charge >= 0.3 is 0 Å². The molecule has 0 spiro atoms. The van der Waals surface area contributed by atoms with E-state index in [2.05, 4.69) is 4.98 Å². The maximum atomic E-state index is 13.3.